The molecule has 7 nitrogen and oxygen atoms in total. The van der Waals surface area contributed by atoms with Crippen LogP contribution in [0.5, 0.6) is 0 Å². The molecule has 0 radical (unpaired) electrons. The fraction of sp³-hybridized carbons (Fsp3) is 0.458. The number of rotatable bonds is 5. The topological polar surface area (TPSA) is 111 Å². The van der Waals surface area contributed by atoms with Crippen molar-refractivity contribution in [3.8, 4) is 21.8 Å². The number of nitrogens with two attached hydrogens (primary N) is 1. The van der Waals surface area contributed by atoms with Gasteiger partial charge in [-0.1, -0.05) is 6.07 Å². The maximum Gasteiger partial charge on any atom is 0.223 e. The minimum absolute atomic E-state index is 0.0542. The summed E-state index contributed by atoms with van der Waals surface area (Å²) in [5.41, 5.74) is 7.74. The molecule has 0 amide bonds. The molecule has 8 rings (SSSR count). The van der Waals surface area contributed by atoms with Crippen molar-refractivity contribution in [1.29, 1.82) is 0 Å². The molecule has 3 N–H and O–H groups in total. The number of halogens is 1. The fourth-order valence-electron chi connectivity index (χ4n) is 6.33. The Morgan fingerprint density at radius 2 is 1.85 bits per heavy atom. The van der Waals surface area contributed by atoms with Gasteiger partial charge in [-0.3, -0.25) is 0 Å². The molecule has 3 aromatic rings. The smallest absolute Gasteiger partial charge is 0.223 e. The third-order valence-corrected chi connectivity index (χ3v) is 11.5. The van der Waals surface area contributed by atoms with E-state index >= 15 is 4.39 Å². The highest BCUT2D eigenvalue weighted by Gasteiger charge is 2.59. The summed E-state index contributed by atoms with van der Waals surface area (Å²) < 4.78 is 38.2. The van der Waals surface area contributed by atoms with E-state index in [4.69, 9.17) is 15.7 Å². The summed E-state index contributed by atoms with van der Waals surface area (Å²) in [5, 5.41) is 4.42. The summed E-state index contributed by atoms with van der Waals surface area (Å²) in [6, 6.07) is 7.01. The molecule has 2 aromatic heterocycles. The van der Waals surface area contributed by atoms with Crippen molar-refractivity contribution in [2.24, 2.45) is 11.3 Å². The fourth-order valence-corrected chi connectivity index (χ4v) is 9.85. The monoisotopic (exact) mass is 497 g/mol. The molecule has 2 bridgehead atoms. The molecule has 34 heavy (non-hydrogen) atoms. The van der Waals surface area contributed by atoms with E-state index in [1.807, 2.05) is 6.07 Å². The Hall–Kier alpha value is -2.59. The first-order chi connectivity index (χ1) is 16.2. The summed E-state index contributed by atoms with van der Waals surface area (Å²) >= 11 is 1.60. The van der Waals surface area contributed by atoms with Gasteiger partial charge >= 0.3 is 0 Å². The van der Waals surface area contributed by atoms with Gasteiger partial charge in [-0.05, 0) is 56.2 Å². The second kappa shape index (κ2) is 6.75. The number of anilines is 2. The molecular formula is C24H24FN5O2S2. The number of sulfone groups is 1. The van der Waals surface area contributed by atoms with Crippen LogP contribution in [0.3, 0.4) is 0 Å². The molecule has 1 spiro atoms. The molecule has 1 aromatic carbocycles. The average molecular weight is 498 g/mol. The van der Waals surface area contributed by atoms with Crippen LogP contribution in [0, 0.1) is 17.2 Å². The summed E-state index contributed by atoms with van der Waals surface area (Å²) in [7, 11) is -2.83. The lowest BCUT2D eigenvalue weighted by Gasteiger charge is -2.60. The number of nitrogen functional groups attached to an aromatic ring is 1. The lowest BCUT2D eigenvalue weighted by Crippen LogP contribution is -2.60. The summed E-state index contributed by atoms with van der Waals surface area (Å²) in [6.07, 6.45) is 6.81. The maximum atomic E-state index is 15.0. The van der Waals surface area contributed by atoms with Crippen LogP contribution < -0.4 is 11.1 Å². The van der Waals surface area contributed by atoms with Crippen molar-refractivity contribution in [3.63, 3.8) is 0 Å². The zero-order chi connectivity index (χ0) is 23.3. The van der Waals surface area contributed by atoms with Crippen LogP contribution in [-0.2, 0) is 15.3 Å². The number of nitrogens with one attached hydrogen (secondary N) is 1. The maximum absolute atomic E-state index is 15.0. The van der Waals surface area contributed by atoms with E-state index in [1.54, 1.807) is 35.7 Å². The third kappa shape index (κ3) is 3.04. The second-order valence-corrected chi connectivity index (χ2v) is 13.8. The van der Waals surface area contributed by atoms with Gasteiger partial charge in [0.05, 0.1) is 33.5 Å². The number of hydrogen-bond donors (Lipinski definition) is 2. The highest BCUT2D eigenvalue weighted by Crippen LogP contribution is 2.66. The number of benzene rings is 1. The average Bonchev–Trinajstić information content (AvgIpc) is 3.10. The standard InChI is InChI=1S/C24H24FN5O2S2/c25-18-15(2-1-3-16(18)26)19-20(33-21(30-19)24-6-13(7-24)8-24)17-4-5-27-22(29-17)28-14-9-23(10-14)11-34(31,32)12-23/h1-5,13-14H,6-12,26H2,(H,27,28,29). The molecular weight excluding hydrogens is 473 g/mol. The quantitative estimate of drug-likeness (QED) is 0.512. The predicted octanol–water partition coefficient (Wildman–Crippen LogP) is 4.03. The molecule has 0 atom stereocenters. The van der Waals surface area contributed by atoms with Crippen LogP contribution in [-0.4, -0.2) is 40.9 Å². The molecule has 4 saturated carbocycles. The molecule has 0 unspecified atom stereocenters. The lowest BCUT2D eigenvalue weighted by atomic mass is 9.45. The van der Waals surface area contributed by atoms with Crippen LogP contribution in [0.4, 0.5) is 16.0 Å². The van der Waals surface area contributed by atoms with Gasteiger partial charge in [0, 0.05) is 28.6 Å². The van der Waals surface area contributed by atoms with E-state index in [2.05, 4.69) is 10.3 Å². The summed E-state index contributed by atoms with van der Waals surface area (Å²) in [6.45, 7) is 0. The van der Waals surface area contributed by atoms with Gasteiger partial charge in [-0.2, -0.15) is 0 Å². The van der Waals surface area contributed by atoms with Gasteiger partial charge in [0.25, 0.3) is 0 Å². The van der Waals surface area contributed by atoms with E-state index < -0.39 is 15.7 Å². The van der Waals surface area contributed by atoms with Crippen LogP contribution >= 0.6 is 11.3 Å². The van der Waals surface area contributed by atoms with Crippen LogP contribution in [0.2, 0.25) is 0 Å². The lowest BCUT2D eigenvalue weighted by molar-refractivity contribution is -0.0274. The Morgan fingerprint density at radius 3 is 2.53 bits per heavy atom. The molecule has 4 aliphatic carbocycles. The van der Waals surface area contributed by atoms with Crippen molar-refractivity contribution in [1.82, 2.24) is 15.0 Å². The molecule has 1 aliphatic heterocycles. The van der Waals surface area contributed by atoms with Gasteiger partial charge in [0.15, 0.2) is 15.7 Å². The molecule has 5 aliphatic rings. The molecule has 10 heteroatoms. The Bertz CT molecular complexity index is 1420. The molecule has 3 heterocycles. The highest BCUT2D eigenvalue weighted by molar-refractivity contribution is 7.92. The Labute approximate surface area is 201 Å². The van der Waals surface area contributed by atoms with Gasteiger partial charge in [-0.25, -0.2) is 27.8 Å². The third-order valence-electron chi connectivity index (χ3n) is 8.04. The number of thiazole rings is 1. The normalized spacial score (nSPS) is 27.9. The minimum atomic E-state index is -2.83. The predicted molar refractivity (Wildman–Crippen MR) is 130 cm³/mol. The summed E-state index contributed by atoms with van der Waals surface area (Å²) in [5.74, 6) is 1.44. The number of hydrogen-bond acceptors (Lipinski definition) is 8. The van der Waals surface area contributed by atoms with Crippen molar-refractivity contribution >= 4 is 32.8 Å². The van der Waals surface area contributed by atoms with Crippen molar-refractivity contribution in [2.45, 2.75) is 43.6 Å². The highest BCUT2D eigenvalue weighted by atomic mass is 32.2. The molecule has 176 valence electrons. The number of aromatic nitrogens is 3. The zero-order valence-electron chi connectivity index (χ0n) is 18.4. The summed E-state index contributed by atoms with van der Waals surface area (Å²) in [4.78, 5) is 14.9. The van der Waals surface area contributed by atoms with E-state index in [0.717, 1.165) is 47.9 Å². The van der Waals surface area contributed by atoms with E-state index in [9.17, 15) is 8.42 Å². The van der Waals surface area contributed by atoms with Crippen molar-refractivity contribution in [3.05, 3.63) is 41.3 Å². The first-order valence-electron chi connectivity index (χ1n) is 11.6. The second-order valence-electron chi connectivity index (χ2n) is 10.7. The zero-order valence-corrected chi connectivity index (χ0v) is 20.1. The first-order valence-corrected chi connectivity index (χ1v) is 14.2. The van der Waals surface area contributed by atoms with Gasteiger partial charge < -0.3 is 11.1 Å². The van der Waals surface area contributed by atoms with Gasteiger partial charge in [0.1, 0.15) is 5.01 Å². The van der Waals surface area contributed by atoms with E-state index in [1.165, 1.54) is 0 Å². The Balaban J connectivity index is 1.21. The van der Waals surface area contributed by atoms with Gasteiger partial charge in [-0.15, -0.1) is 11.3 Å². The van der Waals surface area contributed by atoms with E-state index in [-0.39, 0.29) is 22.6 Å². The van der Waals surface area contributed by atoms with Crippen LogP contribution in [0.15, 0.2) is 30.5 Å². The SMILES string of the molecule is Nc1cccc(-c2nc(C34CC(C3)C4)sc2-c2ccnc(NC3CC4(C3)CS(=O)(=O)C4)n2)c1F. The Kier molecular flexibility index (Phi) is 4.12. The van der Waals surface area contributed by atoms with Crippen molar-refractivity contribution < 1.29 is 12.8 Å². The first kappa shape index (κ1) is 20.8. The minimum Gasteiger partial charge on any atom is -0.396 e. The van der Waals surface area contributed by atoms with E-state index in [0.29, 0.717) is 34.4 Å². The van der Waals surface area contributed by atoms with Crippen LogP contribution in [0.1, 0.15) is 37.1 Å². The largest absolute Gasteiger partial charge is 0.396 e. The number of nitrogens with zero attached hydrogens (tertiary/aromatic N) is 3. The van der Waals surface area contributed by atoms with Crippen molar-refractivity contribution in [2.75, 3.05) is 22.6 Å². The molecule has 1 saturated heterocycles. The molecule has 5 fully saturated rings. The Morgan fingerprint density at radius 1 is 1.09 bits per heavy atom. The van der Waals surface area contributed by atoms with Crippen LogP contribution in [0.25, 0.3) is 21.8 Å². The van der Waals surface area contributed by atoms with Gasteiger partial charge in [0.2, 0.25) is 5.95 Å².